The molecule has 0 fully saturated rings. The van der Waals surface area contributed by atoms with Gasteiger partial charge in [0, 0.05) is 49.7 Å². The summed E-state index contributed by atoms with van der Waals surface area (Å²) in [5, 5.41) is 45.5. The van der Waals surface area contributed by atoms with Gasteiger partial charge in [-0.3, -0.25) is 4.79 Å². The maximum atomic E-state index is 14.3. The standard InChI is InChI=1S/C46H50N2O7/c1-4-32-9-10-33-6-5-7-34(16-19-49)45(33)38(32)25-39-35(11-13-41(51)46(39)55-3)24-37(22-31-15-18-48-28-31)43(53)26-42(52)36(21-30-14-17-47-27-30)20-29-8-12-40(50)44(23-29)54-2/h5-15,17-18,23,27-28,36-37,43,48-49,53H,4,16,19-22,24-26H2,1-3H3,(H-,50,51)/p+1. The van der Waals surface area contributed by atoms with Gasteiger partial charge in [0.05, 0.1) is 26.4 Å². The zero-order valence-electron chi connectivity index (χ0n) is 31.8. The topological polar surface area (TPSA) is 145 Å². The lowest BCUT2D eigenvalue weighted by Crippen LogP contribution is -2.31. The number of aromatic amines is 1. The van der Waals surface area contributed by atoms with Crippen LogP contribution in [-0.2, 0) is 43.3 Å². The number of Topliss-reactive ketones (excluding diaryl/α,β-unsaturated/α-hetero) is 1. The van der Waals surface area contributed by atoms with Gasteiger partial charge in [0.25, 0.3) is 0 Å². The van der Waals surface area contributed by atoms with Crippen molar-refractivity contribution in [1.29, 1.82) is 0 Å². The number of aliphatic hydroxyl groups excluding tert-OH is 2. The molecule has 1 aliphatic heterocycles. The summed E-state index contributed by atoms with van der Waals surface area (Å²) in [5.74, 6) is -0.0889. The molecule has 9 heteroatoms. The van der Waals surface area contributed by atoms with Crippen molar-refractivity contribution in [2.45, 2.75) is 64.4 Å². The molecule has 0 amide bonds. The third kappa shape index (κ3) is 9.24. The molecular weight excluding hydrogens is 693 g/mol. The van der Waals surface area contributed by atoms with E-state index < -0.39 is 12.0 Å². The van der Waals surface area contributed by atoms with Crippen LogP contribution in [-0.4, -0.2) is 64.3 Å². The number of carbonyl (C=O) groups is 1. The van der Waals surface area contributed by atoms with E-state index in [1.54, 1.807) is 44.1 Å². The van der Waals surface area contributed by atoms with Crippen LogP contribution in [0.3, 0.4) is 0 Å². The Morgan fingerprint density at radius 2 is 1.69 bits per heavy atom. The normalized spacial score (nSPS) is 14.0. The first-order valence-corrected chi connectivity index (χ1v) is 19.0. The van der Waals surface area contributed by atoms with Crippen LogP contribution < -0.4 is 9.47 Å². The number of hydrogen-bond acceptors (Lipinski definition) is 8. The number of methoxy groups -OCH3 is 2. The lowest BCUT2D eigenvalue weighted by molar-refractivity contribution is -0.125. The molecule has 3 atom stereocenters. The molecule has 5 aromatic rings. The first-order valence-electron chi connectivity index (χ1n) is 19.0. The quantitative estimate of drug-likeness (QED) is 0.0554. The van der Waals surface area contributed by atoms with Crippen LogP contribution in [0.2, 0.25) is 0 Å². The second kappa shape index (κ2) is 18.2. The van der Waals surface area contributed by atoms with Crippen molar-refractivity contribution in [2.24, 2.45) is 16.8 Å². The van der Waals surface area contributed by atoms with E-state index in [1.807, 2.05) is 36.7 Å². The Morgan fingerprint density at radius 1 is 0.873 bits per heavy atom. The summed E-state index contributed by atoms with van der Waals surface area (Å²) >= 11 is 0. The molecule has 286 valence electrons. The van der Waals surface area contributed by atoms with Crippen molar-refractivity contribution in [1.82, 2.24) is 4.98 Å². The number of rotatable bonds is 19. The summed E-state index contributed by atoms with van der Waals surface area (Å²) in [6.45, 7) is 3.86. The van der Waals surface area contributed by atoms with Gasteiger partial charge in [0.2, 0.25) is 0 Å². The number of nitrogens with one attached hydrogen (secondary N) is 1. The number of carbonyl (C=O) groups excluding carboxylic acids is 1. The van der Waals surface area contributed by atoms with E-state index >= 15 is 0 Å². The molecule has 1 aromatic heterocycles. The highest BCUT2D eigenvalue weighted by Gasteiger charge is 2.31. The Bertz CT molecular complexity index is 2150. The Morgan fingerprint density at radius 3 is 2.40 bits per heavy atom. The lowest BCUT2D eigenvalue weighted by atomic mass is 9.80. The van der Waals surface area contributed by atoms with E-state index in [0.29, 0.717) is 50.0 Å². The van der Waals surface area contributed by atoms with Crippen LogP contribution >= 0.6 is 0 Å². The van der Waals surface area contributed by atoms with Crippen molar-refractivity contribution in [3.05, 3.63) is 136 Å². The summed E-state index contributed by atoms with van der Waals surface area (Å²) in [4.78, 5) is 21.6. The molecule has 0 saturated heterocycles. The number of H-pyrrole nitrogens is 1. The summed E-state index contributed by atoms with van der Waals surface area (Å²) in [5.41, 5.74) is 7.86. The van der Waals surface area contributed by atoms with E-state index in [2.05, 4.69) is 41.2 Å². The van der Waals surface area contributed by atoms with Gasteiger partial charge in [0.15, 0.2) is 29.2 Å². The molecule has 5 N–H and O–H groups in total. The number of ketones is 1. The predicted molar refractivity (Wildman–Crippen MR) is 216 cm³/mol. The Labute approximate surface area is 323 Å². The highest BCUT2D eigenvalue weighted by atomic mass is 16.5. The van der Waals surface area contributed by atoms with E-state index in [1.165, 1.54) is 12.7 Å². The van der Waals surface area contributed by atoms with Gasteiger partial charge >= 0.3 is 0 Å². The fraction of sp³-hybridized carbons (Fsp3) is 0.326. The Balaban J connectivity index is 1.34. The molecule has 3 unspecified atom stereocenters. The maximum absolute atomic E-state index is 14.3. The lowest BCUT2D eigenvalue weighted by Gasteiger charge is -2.26. The third-order valence-corrected chi connectivity index (χ3v) is 10.9. The minimum absolute atomic E-state index is 0.0274. The second-order valence-electron chi connectivity index (χ2n) is 14.4. The number of ether oxygens (including phenoxy) is 2. The monoisotopic (exact) mass is 743 g/mol. The maximum Gasteiger partial charge on any atom is 0.176 e. The predicted octanol–water partition coefficient (Wildman–Crippen LogP) is 7.43. The zero-order chi connectivity index (χ0) is 38.9. The molecule has 4 aromatic carbocycles. The fourth-order valence-corrected chi connectivity index (χ4v) is 8.00. The van der Waals surface area contributed by atoms with Crippen molar-refractivity contribution in [3.8, 4) is 23.0 Å². The minimum Gasteiger partial charge on any atom is -0.504 e. The molecule has 0 radical (unpaired) electrons. The van der Waals surface area contributed by atoms with E-state index in [4.69, 9.17) is 9.47 Å². The number of fused-ring (bicyclic) bond motifs is 1. The van der Waals surface area contributed by atoms with E-state index in [0.717, 1.165) is 56.1 Å². The van der Waals surface area contributed by atoms with Crippen molar-refractivity contribution >= 4 is 22.8 Å². The molecule has 0 saturated carbocycles. The average Bonchev–Trinajstić information content (AvgIpc) is 3.91. The fourth-order valence-electron chi connectivity index (χ4n) is 8.00. The highest BCUT2D eigenvalue weighted by molar-refractivity contribution is 5.90. The average molecular weight is 744 g/mol. The molecule has 0 spiro atoms. The van der Waals surface area contributed by atoms with E-state index in [-0.39, 0.29) is 36.2 Å². The molecule has 2 heterocycles. The number of phenols is 2. The first-order chi connectivity index (χ1) is 26.7. The Hall–Kier alpha value is -5.51. The van der Waals surface area contributed by atoms with Gasteiger partial charge in [-0.1, -0.05) is 49.4 Å². The number of aliphatic hydroxyl groups is 2. The Kier molecular flexibility index (Phi) is 13.0. The van der Waals surface area contributed by atoms with Crippen molar-refractivity contribution in [2.75, 3.05) is 20.8 Å². The summed E-state index contributed by atoms with van der Waals surface area (Å²) < 4.78 is 11.2. The molecule has 9 nitrogen and oxygen atoms in total. The van der Waals surface area contributed by atoms with Gasteiger partial charge in [-0.15, -0.1) is 4.99 Å². The SMILES string of the molecule is CCc1ccc2cccc(CCO)c2c1Cc1c(CC(Cc2cc[nH]c2)C(O)CC(=O)C(CC2=C[CH+]N=C2)Cc2ccc(O)c(OC)c2)ccc(O)c1OC. The van der Waals surface area contributed by atoms with Crippen LogP contribution in [0.5, 0.6) is 23.0 Å². The van der Waals surface area contributed by atoms with Crippen molar-refractivity contribution in [3.63, 3.8) is 0 Å². The van der Waals surface area contributed by atoms with Crippen LogP contribution in [0.15, 0.2) is 95.8 Å². The van der Waals surface area contributed by atoms with Crippen LogP contribution in [0.1, 0.15) is 58.7 Å². The molecule has 55 heavy (non-hydrogen) atoms. The minimum atomic E-state index is -0.982. The molecule has 0 aliphatic carbocycles. The third-order valence-electron chi connectivity index (χ3n) is 10.9. The number of aryl methyl sites for hydroxylation is 1. The van der Waals surface area contributed by atoms with Gasteiger partial charge < -0.3 is 34.9 Å². The van der Waals surface area contributed by atoms with E-state index in [9.17, 15) is 25.2 Å². The summed E-state index contributed by atoms with van der Waals surface area (Å²) in [6, 6.07) is 21.1. The zero-order valence-corrected chi connectivity index (χ0v) is 31.8. The van der Waals surface area contributed by atoms with Gasteiger partial charge in [-0.25, -0.2) is 0 Å². The number of aromatic hydroxyl groups is 2. The van der Waals surface area contributed by atoms with Crippen LogP contribution in [0.25, 0.3) is 10.8 Å². The molecule has 6 rings (SSSR count). The molecule has 1 aliphatic rings. The number of hydrogen-bond donors (Lipinski definition) is 5. The largest absolute Gasteiger partial charge is 0.504 e. The smallest absolute Gasteiger partial charge is 0.176 e. The number of nitrogens with zero attached hydrogens (tertiary/aromatic N) is 1. The molecule has 0 bridgehead atoms. The number of phenolic OH excluding ortho intramolecular Hbond substituents is 2. The van der Waals surface area contributed by atoms with Gasteiger partial charge in [0.1, 0.15) is 17.9 Å². The number of aromatic nitrogens is 1. The summed E-state index contributed by atoms with van der Waals surface area (Å²) in [7, 11) is 3.05. The van der Waals surface area contributed by atoms with Gasteiger partial charge in [-0.2, -0.15) is 0 Å². The van der Waals surface area contributed by atoms with Crippen molar-refractivity contribution < 1.29 is 34.7 Å². The number of aliphatic imine (C=N–C) groups is 1. The molecular formula is C46H51N2O7+. The first kappa shape index (κ1) is 39.2. The second-order valence-corrected chi connectivity index (χ2v) is 14.4. The highest BCUT2D eigenvalue weighted by Crippen LogP contribution is 2.39. The summed E-state index contributed by atoms with van der Waals surface area (Å²) in [6.07, 6.45) is 9.97. The number of allylic oxidation sites excluding steroid dienone is 1. The van der Waals surface area contributed by atoms with Crippen LogP contribution in [0.4, 0.5) is 0 Å². The van der Waals surface area contributed by atoms with Crippen LogP contribution in [0, 0.1) is 18.4 Å². The van der Waals surface area contributed by atoms with Gasteiger partial charge in [-0.05, 0) is 106 Å². The number of benzene rings is 4.